The van der Waals surface area contributed by atoms with Crippen LogP contribution in [0.1, 0.15) is 12.8 Å². The van der Waals surface area contributed by atoms with Crippen LogP contribution in [0.2, 0.25) is 0 Å². The predicted octanol–water partition coefficient (Wildman–Crippen LogP) is 0.0221. The molecule has 54 valence electrons. The summed E-state index contributed by atoms with van der Waals surface area (Å²) in [4.78, 5) is 8.36. The minimum Gasteiger partial charge on any atom is -0.328 e. The summed E-state index contributed by atoms with van der Waals surface area (Å²) in [7, 11) is 0. The maximum atomic E-state index is 8.36. The van der Waals surface area contributed by atoms with Gasteiger partial charge in [0.2, 0.25) is 0 Å². The summed E-state index contributed by atoms with van der Waals surface area (Å²) in [5.41, 5.74) is 0. The van der Waals surface area contributed by atoms with Gasteiger partial charge >= 0.3 is 0 Å². The maximum absolute atomic E-state index is 8.36. The molecule has 0 aromatic carbocycles. The largest absolute Gasteiger partial charge is 0.328 e. The molecule has 0 saturated carbocycles. The normalized spacial score (nSPS) is 16.0. The molecule has 1 aliphatic heterocycles. The lowest BCUT2D eigenvalue weighted by Crippen LogP contribution is -2.03. The Morgan fingerprint density at radius 3 is 1.89 bits per heavy atom. The highest BCUT2D eigenvalue weighted by atomic mass is 16.9. The number of hydrogen-bond acceptors (Lipinski definition) is 3. The molecule has 1 saturated heterocycles. The first kappa shape index (κ1) is 8.16. The van der Waals surface area contributed by atoms with Gasteiger partial charge in [-0.05, 0) is 25.9 Å². The van der Waals surface area contributed by atoms with Crippen LogP contribution in [0.5, 0.6) is 0 Å². The lowest BCUT2D eigenvalue weighted by molar-refractivity contribution is -0.742. The van der Waals surface area contributed by atoms with E-state index in [4.69, 9.17) is 15.3 Å². The molecule has 1 rings (SSSR count). The zero-order valence-corrected chi connectivity index (χ0v) is 5.04. The molecular weight excluding hydrogens is 124 g/mol. The minimum absolute atomic E-state index is 1.25. The van der Waals surface area contributed by atoms with Gasteiger partial charge in [-0.15, -0.1) is 10.1 Å². The Morgan fingerprint density at radius 1 is 1.44 bits per heavy atom. The highest BCUT2D eigenvalue weighted by Crippen LogP contribution is 1.90. The summed E-state index contributed by atoms with van der Waals surface area (Å²) in [5.74, 6) is 0. The summed E-state index contributed by atoms with van der Waals surface area (Å²) in [6.07, 6.45) is 2.78. The molecule has 0 bridgehead atoms. The zero-order chi connectivity index (χ0) is 7.11. The molecule has 0 aliphatic carbocycles. The third kappa shape index (κ3) is 11.0. The molecular formula is C4H10N2O3. The smallest absolute Gasteiger partial charge is 0.291 e. The standard InChI is InChI=1S/C4H9N.HNO3/c1-2-4-5-3-1;2-1(3)4/h5H,1-4H2;(H,2,3,4). The monoisotopic (exact) mass is 134 g/mol. The molecule has 2 N–H and O–H groups in total. The Bertz CT molecular complexity index is 70.3. The molecule has 1 heterocycles. The van der Waals surface area contributed by atoms with Crippen molar-refractivity contribution in [1.29, 1.82) is 0 Å². The average molecular weight is 134 g/mol. The molecule has 5 heteroatoms. The molecule has 1 aliphatic rings. The quantitative estimate of drug-likeness (QED) is 0.362. The topological polar surface area (TPSA) is 75.4 Å². The van der Waals surface area contributed by atoms with Gasteiger partial charge in [-0.2, -0.15) is 0 Å². The van der Waals surface area contributed by atoms with Gasteiger partial charge in [0.25, 0.3) is 5.09 Å². The van der Waals surface area contributed by atoms with Crippen molar-refractivity contribution in [3.8, 4) is 0 Å². The van der Waals surface area contributed by atoms with Crippen LogP contribution in [0, 0.1) is 10.1 Å². The van der Waals surface area contributed by atoms with Gasteiger partial charge in [-0.3, -0.25) is 0 Å². The summed E-state index contributed by atoms with van der Waals surface area (Å²) in [5, 5.41) is 16.9. The Kier molecular flexibility index (Phi) is 4.81. The van der Waals surface area contributed by atoms with E-state index >= 15 is 0 Å². The summed E-state index contributed by atoms with van der Waals surface area (Å²) in [6.45, 7) is 2.50. The number of nitrogens with zero attached hydrogens (tertiary/aromatic N) is 1. The first-order chi connectivity index (χ1) is 4.23. The van der Waals surface area contributed by atoms with E-state index in [1.165, 1.54) is 25.9 Å². The van der Waals surface area contributed by atoms with Gasteiger partial charge in [-0.25, -0.2) is 0 Å². The molecule has 0 unspecified atom stereocenters. The maximum Gasteiger partial charge on any atom is 0.291 e. The zero-order valence-electron chi connectivity index (χ0n) is 5.04. The van der Waals surface area contributed by atoms with E-state index in [2.05, 4.69) is 5.32 Å². The van der Waals surface area contributed by atoms with Crippen molar-refractivity contribution < 1.29 is 10.3 Å². The van der Waals surface area contributed by atoms with Gasteiger partial charge in [0.1, 0.15) is 0 Å². The second-order valence-corrected chi connectivity index (χ2v) is 1.69. The number of rotatable bonds is 0. The molecule has 0 aromatic rings. The Morgan fingerprint density at radius 2 is 1.78 bits per heavy atom. The lowest BCUT2D eigenvalue weighted by atomic mass is 10.4. The first-order valence-electron chi connectivity index (χ1n) is 2.77. The second kappa shape index (κ2) is 5.30. The van der Waals surface area contributed by atoms with E-state index < -0.39 is 5.09 Å². The molecule has 0 spiro atoms. The Balaban J connectivity index is 0.000000148. The summed E-state index contributed by atoms with van der Waals surface area (Å²) >= 11 is 0. The van der Waals surface area contributed by atoms with Crippen molar-refractivity contribution in [2.75, 3.05) is 13.1 Å². The number of hydrogen-bond donors (Lipinski definition) is 2. The Hall–Kier alpha value is -0.840. The van der Waals surface area contributed by atoms with E-state index in [-0.39, 0.29) is 0 Å². The van der Waals surface area contributed by atoms with Crippen LogP contribution >= 0.6 is 0 Å². The van der Waals surface area contributed by atoms with Gasteiger partial charge in [0.05, 0.1) is 0 Å². The average Bonchev–Trinajstić information content (AvgIpc) is 2.11. The SMILES string of the molecule is C1CCNC1.O=[N+]([O-])O. The summed E-state index contributed by atoms with van der Waals surface area (Å²) in [6, 6.07) is 0. The van der Waals surface area contributed by atoms with E-state index in [9.17, 15) is 0 Å². The van der Waals surface area contributed by atoms with Crippen LogP contribution in [0.25, 0.3) is 0 Å². The van der Waals surface area contributed by atoms with Gasteiger partial charge in [0, 0.05) is 0 Å². The van der Waals surface area contributed by atoms with Crippen LogP contribution in [0.3, 0.4) is 0 Å². The highest BCUT2D eigenvalue weighted by Gasteiger charge is 1.93. The molecule has 0 amide bonds. The fourth-order valence-electron chi connectivity index (χ4n) is 0.625. The van der Waals surface area contributed by atoms with Crippen molar-refractivity contribution in [2.24, 2.45) is 0 Å². The van der Waals surface area contributed by atoms with E-state index in [1.807, 2.05) is 0 Å². The second-order valence-electron chi connectivity index (χ2n) is 1.69. The fraction of sp³-hybridized carbons (Fsp3) is 1.00. The van der Waals surface area contributed by atoms with Crippen LogP contribution in [-0.4, -0.2) is 23.4 Å². The van der Waals surface area contributed by atoms with Crippen LogP contribution in [-0.2, 0) is 0 Å². The van der Waals surface area contributed by atoms with Crippen LogP contribution < -0.4 is 5.32 Å². The van der Waals surface area contributed by atoms with Crippen molar-refractivity contribution in [2.45, 2.75) is 12.8 Å². The predicted molar refractivity (Wildman–Crippen MR) is 30.9 cm³/mol. The Labute approximate surface area is 52.8 Å². The van der Waals surface area contributed by atoms with Crippen LogP contribution in [0.15, 0.2) is 0 Å². The number of nitrogens with one attached hydrogen (secondary N) is 1. The van der Waals surface area contributed by atoms with E-state index in [0.29, 0.717) is 0 Å². The van der Waals surface area contributed by atoms with Gasteiger partial charge in [0.15, 0.2) is 0 Å². The molecule has 0 radical (unpaired) electrons. The lowest BCUT2D eigenvalue weighted by Gasteiger charge is -1.76. The third-order valence-electron chi connectivity index (χ3n) is 0.957. The molecule has 5 nitrogen and oxygen atoms in total. The van der Waals surface area contributed by atoms with Crippen molar-refractivity contribution in [3.05, 3.63) is 10.1 Å². The third-order valence-corrected chi connectivity index (χ3v) is 0.957. The summed E-state index contributed by atoms with van der Waals surface area (Å²) < 4.78 is 0. The fourth-order valence-corrected chi connectivity index (χ4v) is 0.625. The first-order valence-corrected chi connectivity index (χ1v) is 2.77. The van der Waals surface area contributed by atoms with Gasteiger partial charge < -0.3 is 10.5 Å². The van der Waals surface area contributed by atoms with Crippen molar-refractivity contribution in [1.82, 2.24) is 5.32 Å². The van der Waals surface area contributed by atoms with E-state index in [0.717, 1.165) is 0 Å². The molecule has 0 aromatic heterocycles. The van der Waals surface area contributed by atoms with Crippen molar-refractivity contribution >= 4 is 0 Å². The van der Waals surface area contributed by atoms with E-state index in [1.54, 1.807) is 0 Å². The molecule has 9 heavy (non-hydrogen) atoms. The highest BCUT2D eigenvalue weighted by molar-refractivity contribution is 4.55. The van der Waals surface area contributed by atoms with Crippen molar-refractivity contribution in [3.63, 3.8) is 0 Å². The minimum atomic E-state index is -1.50. The van der Waals surface area contributed by atoms with Crippen LogP contribution in [0.4, 0.5) is 0 Å². The van der Waals surface area contributed by atoms with Gasteiger partial charge in [-0.1, -0.05) is 0 Å². The molecule has 1 fully saturated rings. The molecule has 0 atom stereocenters.